The molecule has 0 aliphatic heterocycles. The maximum absolute atomic E-state index is 13.6. The van der Waals surface area contributed by atoms with Crippen LogP contribution >= 0.6 is 0 Å². The Morgan fingerprint density at radius 3 is 1.08 bits per heavy atom. The van der Waals surface area contributed by atoms with Crippen LogP contribution in [0.2, 0.25) is 0 Å². The zero-order valence-electron chi connectivity index (χ0n) is 36.4. The van der Waals surface area contributed by atoms with Crippen molar-refractivity contribution >= 4 is 45.9 Å². The summed E-state index contributed by atoms with van der Waals surface area (Å²) in [6.07, 6.45) is 27.5. The minimum Gasteiger partial charge on any atom is -0.462 e. The Morgan fingerprint density at radius 1 is 0.450 bits per heavy atom. The summed E-state index contributed by atoms with van der Waals surface area (Å²) in [6.45, 7) is 8.35. The number of rotatable bonds is 24. The third-order valence-electron chi connectivity index (χ3n) is 9.66. The minimum atomic E-state index is -0.524. The zero-order valence-corrected chi connectivity index (χ0v) is 36.4. The first-order valence-corrected chi connectivity index (χ1v) is 21.7. The van der Waals surface area contributed by atoms with Crippen molar-refractivity contribution in [3.63, 3.8) is 0 Å². The molecular formula is C52H66N2O6. The van der Waals surface area contributed by atoms with E-state index in [1.165, 1.54) is 64.2 Å². The number of anilines is 2. The first-order chi connectivity index (χ1) is 29.3. The van der Waals surface area contributed by atoms with E-state index in [9.17, 15) is 19.2 Å². The Kier molecular flexibility index (Phi) is 26.1. The highest BCUT2D eigenvalue weighted by Gasteiger charge is 2.21. The van der Waals surface area contributed by atoms with Gasteiger partial charge in [0.1, 0.15) is 0 Å². The van der Waals surface area contributed by atoms with Crippen molar-refractivity contribution in [1.82, 2.24) is 0 Å². The van der Waals surface area contributed by atoms with E-state index in [0.717, 1.165) is 38.5 Å². The second-order valence-electron chi connectivity index (χ2n) is 14.5. The van der Waals surface area contributed by atoms with Crippen LogP contribution in [0.1, 0.15) is 172 Å². The Morgan fingerprint density at radius 2 is 0.750 bits per heavy atom. The summed E-state index contributed by atoms with van der Waals surface area (Å²) in [5.41, 5.74) is 1.87. The molecule has 60 heavy (non-hydrogen) atoms. The normalized spacial score (nSPS) is 10.1. The molecule has 0 saturated heterocycles. The number of benzene rings is 4. The summed E-state index contributed by atoms with van der Waals surface area (Å²) >= 11 is 0. The van der Waals surface area contributed by atoms with Gasteiger partial charge in [0.15, 0.2) is 0 Å². The molecule has 4 aromatic rings. The highest BCUT2D eigenvalue weighted by molar-refractivity contribution is 6.17. The van der Waals surface area contributed by atoms with Gasteiger partial charge in [0.05, 0.1) is 35.5 Å². The van der Waals surface area contributed by atoms with Crippen molar-refractivity contribution in [3.8, 4) is 24.7 Å². The van der Waals surface area contributed by atoms with Gasteiger partial charge in [-0.15, -0.1) is 24.7 Å². The first-order valence-electron chi connectivity index (χ1n) is 21.7. The van der Waals surface area contributed by atoms with E-state index < -0.39 is 23.8 Å². The van der Waals surface area contributed by atoms with Crippen molar-refractivity contribution in [2.24, 2.45) is 0 Å². The fourth-order valence-electron chi connectivity index (χ4n) is 6.58. The summed E-state index contributed by atoms with van der Waals surface area (Å²) in [5, 5.41) is 7.30. The largest absolute Gasteiger partial charge is 0.462 e. The third-order valence-corrected chi connectivity index (χ3v) is 9.66. The number of hydrogen-bond donors (Lipinski definition) is 2. The molecule has 0 spiro atoms. The molecule has 0 aromatic heterocycles. The van der Waals surface area contributed by atoms with Gasteiger partial charge >= 0.3 is 11.9 Å². The van der Waals surface area contributed by atoms with E-state index in [0.29, 0.717) is 35.4 Å². The van der Waals surface area contributed by atoms with Crippen LogP contribution in [0, 0.1) is 24.7 Å². The summed E-state index contributed by atoms with van der Waals surface area (Å²) in [5.74, 6) is 2.56. The van der Waals surface area contributed by atoms with Crippen LogP contribution in [0.3, 0.4) is 0 Å². The van der Waals surface area contributed by atoms with Crippen LogP contribution in [-0.4, -0.2) is 37.0 Å². The molecule has 2 amide bonds. The van der Waals surface area contributed by atoms with E-state index in [4.69, 9.17) is 9.47 Å². The van der Waals surface area contributed by atoms with Gasteiger partial charge in [-0.1, -0.05) is 152 Å². The van der Waals surface area contributed by atoms with Crippen LogP contribution in [0.25, 0.3) is 10.8 Å². The standard InChI is InChI=1S/C46H58N2O6.2C3H4/c1-3-5-7-9-11-13-15-21-33-53-45(51)39-27-19-17-25-37(39)43(49)47-41-31-23-30-36-35(41)29-24-32-42(36)48-44(50)38-26-18-20-28-40(38)46(52)54-34-22-16-14-12-10-8-6-4-2;2*1-3-2/h17-20,23-32H,3-16,21-22,33-34H2,1-2H3,(H,47,49)(H,48,50);2*1H,2H3. The molecule has 0 fully saturated rings. The number of hydrogen-bond acceptors (Lipinski definition) is 6. The summed E-state index contributed by atoms with van der Waals surface area (Å²) in [4.78, 5) is 53.3. The zero-order chi connectivity index (χ0) is 43.8. The molecule has 8 nitrogen and oxygen atoms in total. The summed E-state index contributed by atoms with van der Waals surface area (Å²) in [7, 11) is 0. The Labute approximate surface area is 359 Å². The molecule has 2 N–H and O–H groups in total. The molecule has 0 radical (unpaired) electrons. The maximum atomic E-state index is 13.6. The van der Waals surface area contributed by atoms with Gasteiger partial charge in [0.25, 0.3) is 11.8 Å². The van der Waals surface area contributed by atoms with E-state index in [1.54, 1.807) is 86.6 Å². The second-order valence-corrected chi connectivity index (χ2v) is 14.5. The van der Waals surface area contributed by atoms with Crippen LogP contribution in [0.15, 0.2) is 84.9 Å². The van der Waals surface area contributed by atoms with Crippen molar-refractivity contribution in [2.45, 2.75) is 130 Å². The highest BCUT2D eigenvalue weighted by Crippen LogP contribution is 2.30. The first kappa shape index (κ1) is 50.3. The van der Waals surface area contributed by atoms with Crippen molar-refractivity contribution < 1.29 is 28.7 Å². The van der Waals surface area contributed by atoms with E-state index in [2.05, 4.69) is 49.2 Å². The van der Waals surface area contributed by atoms with Gasteiger partial charge in [-0.25, -0.2) is 9.59 Å². The van der Waals surface area contributed by atoms with Gasteiger partial charge in [-0.3, -0.25) is 9.59 Å². The van der Waals surface area contributed by atoms with Gasteiger partial charge in [-0.05, 0) is 63.1 Å². The molecule has 320 valence electrons. The van der Waals surface area contributed by atoms with Crippen LogP contribution in [-0.2, 0) is 9.47 Å². The Bertz CT molecular complexity index is 1850. The molecule has 0 aliphatic rings. The van der Waals surface area contributed by atoms with Gasteiger partial charge in [0, 0.05) is 22.1 Å². The lowest BCUT2D eigenvalue weighted by Crippen LogP contribution is -2.19. The van der Waals surface area contributed by atoms with Crippen molar-refractivity contribution in [2.75, 3.05) is 23.8 Å². The monoisotopic (exact) mass is 814 g/mol. The van der Waals surface area contributed by atoms with Gasteiger partial charge in [0.2, 0.25) is 0 Å². The Balaban J connectivity index is 0.00000195. The average Bonchev–Trinajstić information content (AvgIpc) is 3.26. The lowest BCUT2D eigenvalue weighted by molar-refractivity contribution is 0.0486. The number of carbonyl (C=O) groups is 4. The number of unbranched alkanes of at least 4 members (excludes halogenated alkanes) is 14. The number of esters is 2. The Hall–Kier alpha value is -5.86. The number of terminal acetylenes is 2. The van der Waals surface area contributed by atoms with Crippen LogP contribution in [0.4, 0.5) is 11.4 Å². The SMILES string of the molecule is C#CC.C#CC.CCCCCCCCCCOC(=O)c1ccccc1C(=O)Nc1cccc2c(NC(=O)c3ccccc3C(=O)OCCCCCCCCCC)cccc12. The number of fused-ring (bicyclic) bond motifs is 1. The number of carbonyl (C=O) groups excluding carboxylic acids is 4. The number of ether oxygens (including phenoxy) is 2. The predicted octanol–water partition coefficient (Wildman–Crippen LogP) is 13.2. The van der Waals surface area contributed by atoms with E-state index in [-0.39, 0.29) is 22.3 Å². The van der Waals surface area contributed by atoms with Crippen LogP contribution in [0.5, 0.6) is 0 Å². The molecule has 0 heterocycles. The van der Waals surface area contributed by atoms with E-state index >= 15 is 0 Å². The fraction of sp³-hybridized carbons (Fsp3) is 0.423. The second kappa shape index (κ2) is 31.1. The van der Waals surface area contributed by atoms with Crippen molar-refractivity contribution in [3.05, 3.63) is 107 Å². The van der Waals surface area contributed by atoms with E-state index in [1.807, 2.05) is 12.1 Å². The molecule has 0 bridgehead atoms. The maximum Gasteiger partial charge on any atom is 0.338 e. The van der Waals surface area contributed by atoms with Crippen LogP contribution < -0.4 is 10.6 Å². The predicted molar refractivity (Wildman–Crippen MR) is 248 cm³/mol. The lowest BCUT2D eigenvalue weighted by atomic mass is 10.0. The number of nitrogens with one attached hydrogen (secondary N) is 2. The van der Waals surface area contributed by atoms with Gasteiger partial charge in [-0.2, -0.15) is 0 Å². The van der Waals surface area contributed by atoms with Crippen molar-refractivity contribution in [1.29, 1.82) is 0 Å². The molecule has 8 heteroatoms. The topological polar surface area (TPSA) is 111 Å². The molecule has 0 saturated carbocycles. The smallest absolute Gasteiger partial charge is 0.338 e. The molecule has 4 rings (SSSR count). The average molecular weight is 815 g/mol. The summed E-state index contributed by atoms with van der Waals surface area (Å²) in [6, 6.07) is 24.1. The third kappa shape index (κ3) is 18.4. The highest BCUT2D eigenvalue weighted by atomic mass is 16.5. The molecule has 0 unspecified atom stereocenters. The molecular weight excluding hydrogens is 749 g/mol. The lowest BCUT2D eigenvalue weighted by Gasteiger charge is -2.15. The number of amides is 2. The summed E-state index contributed by atoms with van der Waals surface area (Å²) < 4.78 is 11.1. The minimum absolute atomic E-state index is 0.206. The molecule has 0 atom stereocenters. The molecule has 4 aromatic carbocycles. The molecule has 0 aliphatic carbocycles. The quantitative estimate of drug-likeness (QED) is 0.0414. The fourth-order valence-corrected chi connectivity index (χ4v) is 6.58. The van der Waals surface area contributed by atoms with Gasteiger partial charge < -0.3 is 20.1 Å².